The van der Waals surface area contributed by atoms with Gasteiger partial charge in [-0.15, -0.1) is 11.8 Å². The third-order valence-corrected chi connectivity index (χ3v) is 5.54. The molecule has 0 saturated carbocycles. The highest BCUT2D eigenvalue weighted by atomic mass is 32.2. The second-order valence-electron chi connectivity index (χ2n) is 5.14. The summed E-state index contributed by atoms with van der Waals surface area (Å²) >= 11 is 1.25. The third kappa shape index (κ3) is 5.13. The Hall–Kier alpha value is -2.23. The number of methoxy groups -OCH3 is 1. The predicted molar refractivity (Wildman–Crippen MR) is 99.8 cm³/mol. The van der Waals surface area contributed by atoms with Crippen LogP contribution in [-0.2, 0) is 14.8 Å². The summed E-state index contributed by atoms with van der Waals surface area (Å²) in [6.45, 7) is 0.805. The van der Waals surface area contributed by atoms with E-state index in [0.29, 0.717) is 29.5 Å². The summed E-state index contributed by atoms with van der Waals surface area (Å²) in [6.07, 6.45) is 1.74. The molecule has 0 unspecified atom stereocenters. The largest absolute Gasteiger partial charge is 0.491 e. The summed E-state index contributed by atoms with van der Waals surface area (Å²) in [7, 11) is -2.25. The molecule has 0 heterocycles. The molecule has 140 valence electrons. The van der Waals surface area contributed by atoms with Gasteiger partial charge in [-0.1, -0.05) is 0 Å². The fourth-order valence-electron chi connectivity index (χ4n) is 2.07. The van der Waals surface area contributed by atoms with Crippen LogP contribution in [0.1, 0.15) is 10.4 Å². The summed E-state index contributed by atoms with van der Waals surface area (Å²) in [5.74, 6) is -0.532. The zero-order valence-electron chi connectivity index (χ0n) is 14.3. The number of rotatable bonds is 9. The van der Waals surface area contributed by atoms with Gasteiger partial charge in [0.25, 0.3) is 10.0 Å². The molecule has 0 atom stereocenters. The maximum absolute atomic E-state index is 12.6. The van der Waals surface area contributed by atoms with Gasteiger partial charge in [0, 0.05) is 12.0 Å². The van der Waals surface area contributed by atoms with E-state index < -0.39 is 16.0 Å². The third-order valence-electron chi connectivity index (χ3n) is 3.38. The fraction of sp³-hybridized carbons (Fsp3) is 0.235. The van der Waals surface area contributed by atoms with Crippen LogP contribution in [0.15, 0.2) is 52.3 Å². The van der Waals surface area contributed by atoms with E-state index in [1.54, 1.807) is 25.5 Å². The van der Waals surface area contributed by atoms with Gasteiger partial charge in [-0.2, -0.15) is 0 Å². The summed E-state index contributed by atoms with van der Waals surface area (Å²) < 4.78 is 37.9. The minimum Gasteiger partial charge on any atom is -0.491 e. The number of sulfonamides is 1. The Morgan fingerprint density at radius 3 is 2.42 bits per heavy atom. The molecule has 26 heavy (non-hydrogen) atoms. The first-order chi connectivity index (χ1) is 12.4. The first-order valence-corrected chi connectivity index (χ1v) is 10.2. The predicted octanol–water partition coefficient (Wildman–Crippen LogP) is 2.93. The van der Waals surface area contributed by atoms with Crippen molar-refractivity contribution in [2.24, 2.45) is 0 Å². The van der Waals surface area contributed by atoms with E-state index in [2.05, 4.69) is 4.72 Å². The van der Waals surface area contributed by atoms with Crippen molar-refractivity contribution in [1.29, 1.82) is 0 Å². The monoisotopic (exact) mass is 397 g/mol. The molecule has 0 radical (unpaired) electrons. The Morgan fingerprint density at radius 1 is 1.15 bits per heavy atom. The standard InChI is InChI=1S/C17H19NO6S2/c1-23-9-10-24-13-4-6-14(7-5-13)26(21,22)18-15-8-3-12(17(19)20)11-16(15)25-2/h3-8,11,18H,9-10H2,1-2H3,(H,19,20). The molecular formula is C17H19NO6S2. The topological polar surface area (TPSA) is 102 Å². The lowest BCUT2D eigenvalue weighted by Gasteiger charge is -2.12. The Labute approximate surface area is 156 Å². The van der Waals surface area contributed by atoms with Gasteiger partial charge >= 0.3 is 5.97 Å². The minimum absolute atomic E-state index is 0.0750. The van der Waals surface area contributed by atoms with Crippen molar-refractivity contribution >= 4 is 33.4 Å². The Bertz CT molecular complexity index is 865. The van der Waals surface area contributed by atoms with E-state index >= 15 is 0 Å². The number of benzene rings is 2. The number of carbonyl (C=O) groups is 1. The lowest BCUT2D eigenvalue weighted by molar-refractivity contribution is 0.0696. The van der Waals surface area contributed by atoms with Crippen molar-refractivity contribution in [3.05, 3.63) is 48.0 Å². The molecule has 9 heteroatoms. The van der Waals surface area contributed by atoms with Crippen molar-refractivity contribution in [2.75, 3.05) is 31.3 Å². The Balaban J connectivity index is 2.19. The average molecular weight is 397 g/mol. The highest BCUT2D eigenvalue weighted by molar-refractivity contribution is 7.99. The van der Waals surface area contributed by atoms with Crippen molar-refractivity contribution in [3.8, 4) is 5.75 Å². The van der Waals surface area contributed by atoms with Gasteiger partial charge in [0.05, 0.1) is 22.8 Å². The second-order valence-corrected chi connectivity index (χ2v) is 7.67. The summed E-state index contributed by atoms with van der Waals surface area (Å²) in [4.78, 5) is 11.6. The molecule has 2 aromatic carbocycles. The van der Waals surface area contributed by atoms with Crippen LogP contribution in [0.2, 0.25) is 0 Å². The molecule has 0 amide bonds. The van der Waals surface area contributed by atoms with Crippen molar-refractivity contribution in [3.63, 3.8) is 0 Å². The number of carboxylic acid groups (broad SMARTS) is 1. The molecule has 2 rings (SSSR count). The molecule has 7 nitrogen and oxygen atoms in total. The van der Waals surface area contributed by atoms with Crippen LogP contribution in [0.5, 0.6) is 5.75 Å². The van der Waals surface area contributed by atoms with E-state index in [9.17, 15) is 13.2 Å². The highest BCUT2D eigenvalue weighted by Gasteiger charge is 2.17. The number of hydrogen-bond acceptors (Lipinski definition) is 6. The molecule has 2 aromatic rings. The molecule has 0 spiro atoms. The van der Waals surface area contributed by atoms with Crippen LogP contribution < -0.4 is 9.46 Å². The molecular weight excluding hydrogens is 378 g/mol. The molecule has 0 fully saturated rings. The van der Waals surface area contributed by atoms with Crippen LogP contribution >= 0.6 is 11.8 Å². The highest BCUT2D eigenvalue weighted by Crippen LogP contribution is 2.29. The van der Waals surface area contributed by atoms with E-state index in [0.717, 1.165) is 0 Å². The summed E-state index contributed by atoms with van der Waals surface area (Å²) in [5, 5.41) is 9.04. The van der Waals surface area contributed by atoms with Gasteiger partial charge in [-0.3, -0.25) is 4.72 Å². The maximum atomic E-state index is 12.6. The Morgan fingerprint density at radius 2 is 1.85 bits per heavy atom. The van der Waals surface area contributed by atoms with Crippen LogP contribution in [0, 0.1) is 0 Å². The molecule has 0 aromatic heterocycles. The lowest BCUT2D eigenvalue weighted by atomic mass is 10.2. The van der Waals surface area contributed by atoms with Gasteiger partial charge in [-0.05, 0) is 48.7 Å². The number of thioether (sulfide) groups is 1. The van der Waals surface area contributed by atoms with Gasteiger partial charge < -0.3 is 14.6 Å². The molecule has 0 aliphatic heterocycles. The molecule has 0 aliphatic rings. The van der Waals surface area contributed by atoms with Gasteiger partial charge in [0.15, 0.2) is 0 Å². The summed E-state index contributed by atoms with van der Waals surface area (Å²) in [5.41, 5.74) is 0.415. The van der Waals surface area contributed by atoms with Crippen LogP contribution in [0.3, 0.4) is 0 Å². The van der Waals surface area contributed by atoms with E-state index in [1.165, 1.54) is 42.1 Å². The smallest absolute Gasteiger partial charge is 0.335 e. The van der Waals surface area contributed by atoms with Gasteiger partial charge in [-0.25, -0.2) is 13.2 Å². The van der Waals surface area contributed by atoms with E-state index in [4.69, 9.17) is 14.6 Å². The summed E-state index contributed by atoms with van der Waals surface area (Å²) in [6, 6.07) is 10.2. The normalized spacial score (nSPS) is 11.2. The van der Waals surface area contributed by atoms with Crippen LogP contribution in [-0.4, -0.2) is 46.1 Å². The van der Waals surface area contributed by atoms with Crippen molar-refractivity contribution in [1.82, 2.24) is 0 Å². The van der Waals surface area contributed by atoms with Gasteiger partial charge in [0.2, 0.25) is 0 Å². The zero-order valence-corrected chi connectivity index (χ0v) is 15.9. The number of nitrogens with one attached hydrogen (secondary N) is 1. The van der Waals surface area contributed by atoms with Gasteiger partial charge in [0.1, 0.15) is 12.4 Å². The zero-order chi connectivity index (χ0) is 19.2. The molecule has 0 bridgehead atoms. The first kappa shape index (κ1) is 20.1. The fourth-order valence-corrected chi connectivity index (χ4v) is 3.80. The van der Waals surface area contributed by atoms with Crippen molar-refractivity contribution in [2.45, 2.75) is 9.79 Å². The average Bonchev–Trinajstić information content (AvgIpc) is 2.62. The number of anilines is 1. The van der Waals surface area contributed by atoms with Crippen molar-refractivity contribution < 1.29 is 27.8 Å². The number of ether oxygens (including phenoxy) is 2. The maximum Gasteiger partial charge on any atom is 0.335 e. The Kier molecular flexibility index (Phi) is 6.90. The van der Waals surface area contributed by atoms with E-state index in [-0.39, 0.29) is 10.5 Å². The number of hydrogen-bond donors (Lipinski definition) is 2. The molecule has 0 aliphatic carbocycles. The minimum atomic E-state index is -3.81. The molecule has 0 saturated heterocycles. The first-order valence-electron chi connectivity index (χ1n) is 7.53. The van der Waals surface area contributed by atoms with E-state index in [1.807, 2.05) is 0 Å². The SMILES string of the molecule is COCCOc1ccc(S(=O)(=O)Nc2ccc(C(=O)O)cc2SC)cc1. The van der Waals surface area contributed by atoms with Crippen LogP contribution in [0.25, 0.3) is 0 Å². The lowest BCUT2D eigenvalue weighted by Crippen LogP contribution is -2.14. The second kappa shape index (κ2) is 8.93. The number of aromatic carboxylic acids is 1. The quantitative estimate of drug-likeness (QED) is 0.495. The molecule has 2 N–H and O–H groups in total. The van der Waals surface area contributed by atoms with Crippen LogP contribution in [0.4, 0.5) is 5.69 Å². The number of carboxylic acids is 1.